The molecule has 0 aliphatic heterocycles. The Balaban J connectivity index is 2.00. The summed E-state index contributed by atoms with van der Waals surface area (Å²) in [6, 6.07) is 9.72. The smallest absolute Gasteiger partial charge is 0.315 e. The van der Waals surface area contributed by atoms with E-state index >= 15 is 0 Å². The molecule has 25 heavy (non-hydrogen) atoms. The number of carbonyl (C=O) groups excluding carboxylic acids is 1. The van der Waals surface area contributed by atoms with E-state index in [0.29, 0.717) is 19.5 Å². The predicted molar refractivity (Wildman–Crippen MR) is 98.8 cm³/mol. The molecule has 1 aromatic heterocycles. The summed E-state index contributed by atoms with van der Waals surface area (Å²) >= 11 is 0. The van der Waals surface area contributed by atoms with Gasteiger partial charge in [0.05, 0.1) is 11.4 Å². The summed E-state index contributed by atoms with van der Waals surface area (Å²) in [6.07, 6.45) is 0.647. The Kier molecular flexibility index (Phi) is 6.20. The van der Waals surface area contributed by atoms with E-state index in [4.69, 9.17) is 5.11 Å². The van der Waals surface area contributed by atoms with Crippen molar-refractivity contribution in [2.45, 2.75) is 40.7 Å². The number of nitrogens with zero attached hydrogens (tertiary/aromatic N) is 2. The van der Waals surface area contributed by atoms with Crippen LogP contribution in [0.4, 0.5) is 4.79 Å². The molecule has 0 saturated heterocycles. The minimum atomic E-state index is -0.214. The topological polar surface area (TPSA) is 79.2 Å². The van der Waals surface area contributed by atoms with Crippen LogP contribution in [0.5, 0.6) is 0 Å². The zero-order chi connectivity index (χ0) is 18.4. The Morgan fingerprint density at radius 2 is 1.96 bits per heavy atom. The molecule has 2 aromatic rings. The predicted octanol–water partition coefficient (Wildman–Crippen LogP) is 2.70. The largest absolute Gasteiger partial charge is 0.396 e. The minimum absolute atomic E-state index is 0.117. The molecule has 0 radical (unpaired) electrons. The molecule has 6 heteroatoms. The number of hydrogen-bond acceptors (Lipinski definition) is 3. The van der Waals surface area contributed by atoms with Crippen LogP contribution in [0.25, 0.3) is 5.69 Å². The lowest BCUT2D eigenvalue weighted by Crippen LogP contribution is -2.40. The van der Waals surface area contributed by atoms with Crippen LogP contribution < -0.4 is 10.6 Å². The van der Waals surface area contributed by atoms with Crippen molar-refractivity contribution in [3.05, 3.63) is 47.3 Å². The van der Waals surface area contributed by atoms with Gasteiger partial charge in [-0.2, -0.15) is 5.10 Å². The Morgan fingerprint density at radius 3 is 2.60 bits per heavy atom. The second kappa shape index (κ2) is 8.16. The third-order valence-corrected chi connectivity index (χ3v) is 4.18. The van der Waals surface area contributed by atoms with Crippen LogP contribution in [0.2, 0.25) is 0 Å². The maximum Gasteiger partial charge on any atom is 0.315 e. The Bertz CT molecular complexity index is 722. The van der Waals surface area contributed by atoms with Crippen molar-refractivity contribution in [2.75, 3.05) is 13.2 Å². The summed E-state index contributed by atoms with van der Waals surface area (Å²) in [5, 5.41) is 19.3. The molecule has 0 aliphatic rings. The molecule has 0 saturated carbocycles. The monoisotopic (exact) mass is 344 g/mol. The lowest BCUT2D eigenvalue weighted by Gasteiger charge is -2.24. The van der Waals surface area contributed by atoms with Crippen molar-refractivity contribution in [1.29, 1.82) is 0 Å². The van der Waals surface area contributed by atoms with Gasteiger partial charge in [0, 0.05) is 25.4 Å². The van der Waals surface area contributed by atoms with Crippen molar-refractivity contribution in [1.82, 2.24) is 20.4 Å². The summed E-state index contributed by atoms with van der Waals surface area (Å²) in [6.45, 7) is 9.06. The molecule has 2 amide bonds. The molecular formula is C19H28N4O2. The number of aromatic nitrogens is 2. The summed E-state index contributed by atoms with van der Waals surface area (Å²) < 4.78 is 1.90. The van der Waals surface area contributed by atoms with Crippen LogP contribution in [-0.4, -0.2) is 34.1 Å². The van der Waals surface area contributed by atoms with Crippen molar-refractivity contribution in [3.8, 4) is 5.69 Å². The van der Waals surface area contributed by atoms with E-state index in [9.17, 15) is 4.79 Å². The van der Waals surface area contributed by atoms with Crippen molar-refractivity contribution >= 4 is 6.03 Å². The Morgan fingerprint density at radius 1 is 1.24 bits per heavy atom. The highest BCUT2D eigenvalue weighted by Crippen LogP contribution is 2.18. The molecule has 0 bridgehead atoms. The van der Waals surface area contributed by atoms with Crippen LogP contribution in [-0.2, 0) is 6.54 Å². The van der Waals surface area contributed by atoms with Crippen molar-refractivity contribution in [3.63, 3.8) is 0 Å². The molecule has 0 aliphatic carbocycles. The molecule has 136 valence electrons. The van der Waals surface area contributed by atoms with Gasteiger partial charge in [0.2, 0.25) is 0 Å². The SMILES string of the molecule is Cc1cc(C)n(-c2ccccc2CNC(=O)NCC(C)(C)CCO)n1. The highest BCUT2D eigenvalue weighted by atomic mass is 16.3. The van der Waals surface area contributed by atoms with E-state index < -0.39 is 0 Å². The van der Waals surface area contributed by atoms with Crippen LogP contribution in [0.15, 0.2) is 30.3 Å². The van der Waals surface area contributed by atoms with E-state index in [1.165, 1.54) is 0 Å². The third-order valence-electron chi connectivity index (χ3n) is 4.18. The number of amides is 2. The maximum atomic E-state index is 12.1. The van der Waals surface area contributed by atoms with E-state index in [-0.39, 0.29) is 18.1 Å². The first kappa shape index (κ1) is 19.0. The summed E-state index contributed by atoms with van der Waals surface area (Å²) in [7, 11) is 0. The van der Waals surface area contributed by atoms with E-state index in [2.05, 4.69) is 15.7 Å². The van der Waals surface area contributed by atoms with Gasteiger partial charge in [-0.25, -0.2) is 9.48 Å². The summed E-state index contributed by atoms with van der Waals surface area (Å²) in [5.74, 6) is 0. The fourth-order valence-corrected chi connectivity index (χ4v) is 2.69. The molecule has 1 heterocycles. The standard InChI is InChI=1S/C19H28N4O2/c1-14-11-15(2)23(22-14)17-8-6-5-7-16(17)12-20-18(25)21-13-19(3,4)9-10-24/h5-8,11,24H,9-10,12-13H2,1-4H3,(H2,20,21,25). The maximum absolute atomic E-state index is 12.1. The molecule has 1 aromatic carbocycles. The van der Waals surface area contributed by atoms with Crippen LogP contribution in [0.3, 0.4) is 0 Å². The zero-order valence-corrected chi connectivity index (χ0v) is 15.5. The van der Waals surface area contributed by atoms with Crippen LogP contribution in [0, 0.1) is 19.3 Å². The average molecular weight is 344 g/mol. The van der Waals surface area contributed by atoms with Gasteiger partial charge in [-0.05, 0) is 43.4 Å². The Labute approximate surface area is 149 Å². The zero-order valence-electron chi connectivity index (χ0n) is 15.5. The van der Waals surface area contributed by atoms with Gasteiger partial charge in [-0.15, -0.1) is 0 Å². The van der Waals surface area contributed by atoms with Crippen LogP contribution in [0.1, 0.15) is 37.2 Å². The third kappa shape index (κ3) is 5.32. The number of hydrogen-bond donors (Lipinski definition) is 3. The number of para-hydroxylation sites is 1. The van der Waals surface area contributed by atoms with Gasteiger partial charge in [0.15, 0.2) is 0 Å². The fourth-order valence-electron chi connectivity index (χ4n) is 2.69. The normalized spacial score (nSPS) is 11.4. The van der Waals surface area contributed by atoms with Gasteiger partial charge >= 0.3 is 6.03 Å². The molecule has 0 spiro atoms. The first-order chi connectivity index (χ1) is 11.8. The lowest BCUT2D eigenvalue weighted by molar-refractivity contribution is 0.201. The quantitative estimate of drug-likeness (QED) is 0.722. The molecule has 3 N–H and O–H groups in total. The van der Waals surface area contributed by atoms with Gasteiger partial charge in [0.25, 0.3) is 0 Å². The van der Waals surface area contributed by atoms with Gasteiger partial charge in [0.1, 0.15) is 0 Å². The van der Waals surface area contributed by atoms with Crippen LogP contribution >= 0.6 is 0 Å². The number of aliphatic hydroxyl groups excluding tert-OH is 1. The number of nitrogens with one attached hydrogen (secondary N) is 2. The molecular weight excluding hydrogens is 316 g/mol. The highest BCUT2D eigenvalue weighted by Gasteiger charge is 2.18. The van der Waals surface area contributed by atoms with Gasteiger partial charge in [-0.3, -0.25) is 0 Å². The van der Waals surface area contributed by atoms with Crippen molar-refractivity contribution in [2.24, 2.45) is 5.41 Å². The summed E-state index contributed by atoms with van der Waals surface area (Å²) in [5.41, 5.74) is 3.85. The number of urea groups is 1. The van der Waals surface area contributed by atoms with E-state index in [0.717, 1.165) is 22.6 Å². The molecule has 6 nitrogen and oxygen atoms in total. The second-order valence-corrected chi connectivity index (χ2v) is 7.14. The minimum Gasteiger partial charge on any atom is -0.396 e. The van der Waals surface area contributed by atoms with Crippen molar-refractivity contribution < 1.29 is 9.90 Å². The number of aryl methyl sites for hydroxylation is 2. The summed E-state index contributed by atoms with van der Waals surface area (Å²) in [4.78, 5) is 12.1. The average Bonchev–Trinajstić information content (AvgIpc) is 2.89. The van der Waals surface area contributed by atoms with E-state index in [1.54, 1.807) is 0 Å². The van der Waals surface area contributed by atoms with Gasteiger partial charge < -0.3 is 15.7 Å². The molecule has 0 unspecified atom stereocenters. The molecule has 0 fully saturated rings. The lowest BCUT2D eigenvalue weighted by atomic mass is 9.90. The first-order valence-corrected chi connectivity index (χ1v) is 8.56. The number of rotatable bonds is 7. The van der Waals surface area contributed by atoms with E-state index in [1.807, 2.05) is 62.7 Å². The second-order valence-electron chi connectivity index (χ2n) is 7.14. The fraction of sp³-hybridized carbons (Fsp3) is 0.474. The Hall–Kier alpha value is -2.34. The highest BCUT2D eigenvalue weighted by molar-refractivity contribution is 5.74. The number of benzene rings is 1. The first-order valence-electron chi connectivity index (χ1n) is 8.56. The number of carbonyl (C=O) groups is 1. The van der Waals surface area contributed by atoms with Gasteiger partial charge in [-0.1, -0.05) is 32.0 Å². The number of aliphatic hydroxyl groups is 1. The molecule has 0 atom stereocenters. The molecule has 2 rings (SSSR count).